The smallest absolute Gasteiger partial charge is 0.00466 e. The maximum atomic E-state index is 3.28. The molecule has 0 bridgehead atoms. The van der Waals surface area contributed by atoms with Crippen LogP contribution >= 0.6 is 0 Å². The summed E-state index contributed by atoms with van der Waals surface area (Å²) in [5.41, 5.74) is 0. The topological polar surface area (TPSA) is 12.0 Å². The molecule has 0 amide bonds. The second kappa shape index (κ2) is 22.4. The first-order chi connectivity index (χ1) is 5.77. The minimum atomic E-state index is 0.842. The van der Waals surface area contributed by atoms with E-state index in [2.05, 4.69) is 26.1 Å². The van der Waals surface area contributed by atoms with Crippen LogP contribution in [0.5, 0.6) is 0 Å². The summed E-state index contributed by atoms with van der Waals surface area (Å²) in [7, 11) is 0. The van der Waals surface area contributed by atoms with Crippen molar-refractivity contribution in [3.63, 3.8) is 0 Å². The van der Waals surface area contributed by atoms with Gasteiger partial charge >= 0.3 is 0 Å². The summed E-state index contributed by atoms with van der Waals surface area (Å²) in [4.78, 5) is 0. The van der Waals surface area contributed by atoms with E-state index in [1.54, 1.807) is 0 Å². The minimum absolute atomic E-state index is 0.842. The van der Waals surface area contributed by atoms with E-state index in [0.717, 1.165) is 12.5 Å². The van der Waals surface area contributed by atoms with Crippen molar-refractivity contribution in [1.82, 2.24) is 5.32 Å². The zero-order valence-corrected chi connectivity index (χ0v) is 10.2. The Kier molecular flexibility index (Phi) is 33.5. The first kappa shape index (κ1) is 17.9. The van der Waals surface area contributed by atoms with Gasteiger partial charge < -0.3 is 5.32 Å². The van der Waals surface area contributed by atoms with Gasteiger partial charge in [-0.05, 0) is 25.4 Å². The van der Waals surface area contributed by atoms with Crippen LogP contribution in [0.4, 0.5) is 0 Å². The van der Waals surface area contributed by atoms with Gasteiger partial charge in [0.2, 0.25) is 0 Å². The molecule has 0 aliphatic heterocycles. The Hall–Kier alpha value is -0.0400. The molecule has 0 aromatic rings. The predicted molar refractivity (Wildman–Crippen MR) is 60.7 cm³/mol. The number of nitrogens with one attached hydrogen (secondary N) is 1. The van der Waals surface area contributed by atoms with Gasteiger partial charge in [-0.3, -0.25) is 0 Å². The zero-order valence-electron chi connectivity index (χ0n) is 10.2. The largest absolute Gasteiger partial charge is 0.317 e. The molecule has 1 N–H and O–H groups in total. The Bertz CT molecular complexity index is 42.3. The highest BCUT2D eigenvalue weighted by atomic mass is 14.8. The molecule has 78 valence electrons. The Morgan fingerprint density at radius 1 is 1.00 bits per heavy atom. The maximum absolute atomic E-state index is 3.28. The van der Waals surface area contributed by atoms with Gasteiger partial charge in [-0.25, -0.2) is 0 Å². The van der Waals surface area contributed by atoms with Crippen molar-refractivity contribution in [2.45, 2.75) is 54.9 Å². The van der Waals surface area contributed by atoms with Crippen molar-refractivity contribution in [1.29, 1.82) is 0 Å². The molecular formula is C11H29N. The van der Waals surface area contributed by atoms with Crippen LogP contribution in [0.2, 0.25) is 0 Å². The van der Waals surface area contributed by atoms with Crippen LogP contribution in [0.3, 0.4) is 0 Å². The lowest BCUT2D eigenvalue weighted by Crippen LogP contribution is -2.15. The third-order valence-electron chi connectivity index (χ3n) is 1.15. The van der Waals surface area contributed by atoms with E-state index in [0.29, 0.717) is 0 Å². The molecule has 0 aliphatic carbocycles. The molecule has 12 heavy (non-hydrogen) atoms. The molecule has 0 saturated carbocycles. The second-order valence-corrected chi connectivity index (χ2v) is 2.54. The van der Waals surface area contributed by atoms with Gasteiger partial charge in [0.05, 0.1) is 0 Å². The number of rotatable bonds is 4. The molecule has 0 rings (SSSR count). The van der Waals surface area contributed by atoms with E-state index < -0.39 is 0 Å². The van der Waals surface area contributed by atoms with E-state index in [1.165, 1.54) is 13.0 Å². The van der Waals surface area contributed by atoms with E-state index in [9.17, 15) is 0 Å². The van der Waals surface area contributed by atoms with Gasteiger partial charge in [0.1, 0.15) is 0 Å². The van der Waals surface area contributed by atoms with Crippen LogP contribution in [0.25, 0.3) is 0 Å². The third-order valence-corrected chi connectivity index (χ3v) is 1.15. The minimum Gasteiger partial charge on any atom is -0.317 e. The Morgan fingerprint density at radius 3 is 1.67 bits per heavy atom. The fourth-order valence-corrected chi connectivity index (χ4v) is 0.568. The van der Waals surface area contributed by atoms with Crippen molar-refractivity contribution >= 4 is 0 Å². The van der Waals surface area contributed by atoms with Gasteiger partial charge in [-0.1, -0.05) is 48.5 Å². The van der Waals surface area contributed by atoms with Gasteiger partial charge in [0, 0.05) is 0 Å². The van der Waals surface area contributed by atoms with Crippen LogP contribution in [0.1, 0.15) is 54.9 Å². The molecule has 0 unspecified atom stereocenters. The first-order valence-electron chi connectivity index (χ1n) is 5.48. The van der Waals surface area contributed by atoms with Crippen molar-refractivity contribution < 1.29 is 0 Å². The van der Waals surface area contributed by atoms with Gasteiger partial charge in [-0.15, -0.1) is 0 Å². The molecule has 0 saturated heterocycles. The molecule has 0 aromatic heterocycles. The SMILES string of the molecule is CC.CC.CCNCCC(C)C. The van der Waals surface area contributed by atoms with Crippen molar-refractivity contribution in [3.05, 3.63) is 0 Å². The highest BCUT2D eigenvalue weighted by Gasteiger charge is 1.89. The fraction of sp³-hybridized carbons (Fsp3) is 1.00. The summed E-state index contributed by atoms with van der Waals surface area (Å²) in [5.74, 6) is 0.842. The molecule has 0 spiro atoms. The molecule has 1 heteroatoms. The molecule has 1 nitrogen and oxygen atoms in total. The molecule has 0 aromatic carbocycles. The van der Waals surface area contributed by atoms with E-state index >= 15 is 0 Å². The van der Waals surface area contributed by atoms with Crippen LogP contribution in [-0.2, 0) is 0 Å². The Labute approximate surface area is 80.0 Å². The van der Waals surface area contributed by atoms with Crippen molar-refractivity contribution in [2.75, 3.05) is 13.1 Å². The molecule has 0 fully saturated rings. The Morgan fingerprint density at radius 2 is 1.42 bits per heavy atom. The maximum Gasteiger partial charge on any atom is -0.00466 e. The number of hydrogen-bond acceptors (Lipinski definition) is 1. The first-order valence-corrected chi connectivity index (χ1v) is 5.48. The van der Waals surface area contributed by atoms with Crippen LogP contribution in [-0.4, -0.2) is 13.1 Å². The predicted octanol–water partition coefficient (Wildman–Crippen LogP) is 3.69. The number of hydrogen-bond donors (Lipinski definition) is 1. The van der Waals surface area contributed by atoms with Crippen molar-refractivity contribution in [3.8, 4) is 0 Å². The van der Waals surface area contributed by atoms with Gasteiger partial charge in [0.25, 0.3) is 0 Å². The highest BCUT2D eigenvalue weighted by Crippen LogP contribution is 1.95. The molecule has 0 atom stereocenters. The normalized spacial score (nSPS) is 8.00. The van der Waals surface area contributed by atoms with Crippen LogP contribution in [0.15, 0.2) is 0 Å². The zero-order chi connectivity index (χ0) is 10.4. The monoisotopic (exact) mass is 175 g/mol. The summed E-state index contributed by atoms with van der Waals surface area (Å²) >= 11 is 0. The molecular weight excluding hydrogens is 146 g/mol. The summed E-state index contributed by atoms with van der Waals surface area (Å²) in [5, 5.41) is 3.28. The Balaban J connectivity index is -0.000000175. The average Bonchev–Trinajstić information content (AvgIpc) is 2.12. The second-order valence-electron chi connectivity index (χ2n) is 2.54. The van der Waals surface area contributed by atoms with Gasteiger partial charge in [0.15, 0.2) is 0 Å². The van der Waals surface area contributed by atoms with E-state index in [1.807, 2.05) is 27.7 Å². The van der Waals surface area contributed by atoms with E-state index in [-0.39, 0.29) is 0 Å². The van der Waals surface area contributed by atoms with Crippen LogP contribution < -0.4 is 5.32 Å². The molecule has 0 aliphatic rings. The third kappa shape index (κ3) is 32.5. The molecule has 0 heterocycles. The quantitative estimate of drug-likeness (QED) is 0.643. The molecule has 0 radical (unpaired) electrons. The summed E-state index contributed by atoms with van der Waals surface area (Å²) in [6.45, 7) is 16.9. The van der Waals surface area contributed by atoms with Gasteiger partial charge in [-0.2, -0.15) is 0 Å². The highest BCUT2D eigenvalue weighted by molar-refractivity contribution is 4.47. The summed E-state index contributed by atoms with van der Waals surface area (Å²) < 4.78 is 0. The lowest BCUT2D eigenvalue weighted by atomic mass is 10.1. The summed E-state index contributed by atoms with van der Waals surface area (Å²) in [6, 6.07) is 0. The average molecular weight is 175 g/mol. The fourth-order valence-electron chi connectivity index (χ4n) is 0.568. The lowest BCUT2D eigenvalue weighted by Gasteiger charge is -2.02. The van der Waals surface area contributed by atoms with Crippen LogP contribution in [0, 0.1) is 5.92 Å². The van der Waals surface area contributed by atoms with Crippen molar-refractivity contribution in [2.24, 2.45) is 5.92 Å². The summed E-state index contributed by atoms with van der Waals surface area (Å²) in [6.07, 6.45) is 1.30. The lowest BCUT2D eigenvalue weighted by molar-refractivity contribution is 0.546. The standard InChI is InChI=1S/C7H17N.2C2H6/c1-4-8-6-5-7(2)3;2*1-2/h7-8H,4-6H2,1-3H3;2*1-2H3. The van der Waals surface area contributed by atoms with E-state index in [4.69, 9.17) is 0 Å².